The molecule has 4 rings (SSSR count). The molecule has 2 amide bonds. The van der Waals surface area contributed by atoms with E-state index in [1.807, 2.05) is 4.90 Å². The summed E-state index contributed by atoms with van der Waals surface area (Å²) in [4.78, 5) is 30.9. The number of rotatable bonds is 5. The van der Waals surface area contributed by atoms with Crippen molar-refractivity contribution in [2.75, 3.05) is 6.61 Å². The normalized spacial score (nSPS) is 23.3. The summed E-state index contributed by atoms with van der Waals surface area (Å²) in [6.07, 6.45) is 6.57. The van der Waals surface area contributed by atoms with E-state index in [-0.39, 0.29) is 42.4 Å². The summed E-state index contributed by atoms with van der Waals surface area (Å²) in [6, 6.07) is 9.30. The van der Waals surface area contributed by atoms with Crippen molar-refractivity contribution in [3.8, 4) is 5.75 Å². The van der Waals surface area contributed by atoms with Crippen molar-refractivity contribution < 1.29 is 18.7 Å². The van der Waals surface area contributed by atoms with Gasteiger partial charge in [-0.05, 0) is 62.1 Å². The molecule has 6 nitrogen and oxygen atoms in total. The van der Waals surface area contributed by atoms with E-state index < -0.39 is 0 Å². The Morgan fingerprint density at radius 1 is 1.07 bits per heavy atom. The first-order chi connectivity index (χ1) is 13.6. The third kappa shape index (κ3) is 3.98. The van der Waals surface area contributed by atoms with E-state index in [2.05, 4.69) is 10.3 Å². The molecule has 1 unspecified atom stereocenters. The van der Waals surface area contributed by atoms with Crippen LogP contribution in [0.25, 0.3) is 0 Å². The molecule has 3 heterocycles. The maximum atomic E-state index is 13.0. The third-order valence-electron chi connectivity index (χ3n) is 5.47. The van der Waals surface area contributed by atoms with Gasteiger partial charge in [0, 0.05) is 36.1 Å². The van der Waals surface area contributed by atoms with Crippen LogP contribution in [0.4, 0.5) is 4.39 Å². The number of amides is 2. The zero-order chi connectivity index (χ0) is 19.5. The standard InChI is InChI=1S/C21H22FN3O3/c22-15-1-5-19(6-2-15)28-13-20(26)25-17-3-4-18(25)12-16(11-17)24-21(27)14-7-9-23-10-8-14/h1-2,5-10,16-18H,3-4,11-13H2,(H,24,27)/t16?,17-,18+. The number of ether oxygens (including phenoxy) is 1. The largest absolute Gasteiger partial charge is 0.484 e. The van der Waals surface area contributed by atoms with Crippen LogP contribution in [-0.2, 0) is 4.79 Å². The van der Waals surface area contributed by atoms with Gasteiger partial charge in [0.25, 0.3) is 11.8 Å². The quantitative estimate of drug-likeness (QED) is 0.861. The van der Waals surface area contributed by atoms with E-state index in [9.17, 15) is 14.0 Å². The molecule has 1 aromatic carbocycles. The summed E-state index contributed by atoms with van der Waals surface area (Å²) in [5.41, 5.74) is 0.591. The average Bonchev–Trinajstić information content (AvgIpc) is 2.98. The van der Waals surface area contributed by atoms with Crippen molar-refractivity contribution in [1.29, 1.82) is 0 Å². The molecule has 0 radical (unpaired) electrons. The molecule has 146 valence electrons. The van der Waals surface area contributed by atoms with Gasteiger partial charge in [-0.2, -0.15) is 0 Å². The van der Waals surface area contributed by atoms with Crippen LogP contribution in [0.15, 0.2) is 48.8 Å². The SMILES string of the molecule is O=C(NC1C[C@H]2CC[C@@H](C1)N2C(=O)COc1ccc(F)cc1)c1ccncc1. The van der Waals surface area contributed by atoms with E-state index in [1.165, 1.54) is 24.3 Å². The lowest BCUT2D eigenvalue weighted by Crippen LogP contribution is -2.53. The maximum absolute atomic E-state index is 13.0. The fourth-order valence-corrected chi connectivity index (χ4v) is 4.22. The molecule has 0 saturated carbocycles. The smallest absolute Gasteiger partial charge is 0.261 e. The van der Waals surface area contributed by atoms with Gasteiger partial charge in [-0.3, -0.25) is 14.6 Å². The van der Waals surface area contributed by atoms with Gasteiger partial charge >= 0.3 is 0 Å². The fraction of sp³-hybridized carbons (Fsp3) is 0.381. The summed E-state index contributed by atoms with van der Waals surface area (Å²) < 4.78 is 18.5. The van der Waals surface area contributed by atoms with Gasteiger partial charge in [0.1, 0.15) is 11.6 Å². The zero-order valence-corrected chi connectivity index (χ0v) is 15.4. The number of hydrogen-bond donors (Lipinski definition) is 1. The Balaban J connectivity index is 1.32. The first kappa shape index (κ1) is 18.4. The molecule has 1 aromatic heterocycles. The average molecular weight is 383 g/mol. The second-order valence-corrected chi connectivity index (χ2v) is 7.31. The minimum atomic E-state index is -0.340. The number of piperidine rings is 1. The molecular weight excluding hydrogens is 361 g/mol. The Morgan fingerprint density at radius 3 is 2.36 bits per heavy atom. The number of nitrogens with one attached hydrogen (secondary N) is 1. The highest BCUT2D eigenvalue weighted by molar-refractivity contribution is 5.94. The number of aromatic nitrogens is 1. The molecule has 2 aromatic rings. The number of carbonyl (C=O) groups is 2. The van der Waals surface area contributed by atoms with Crippen LogP contribution in [0.2, 0.25) is 0 Å². The molecule has 0 aliphatic carbocycles. The van der Waals surface area contributed by atoms with Gasteiger partial charge in [-0.25, -0.2) is 4.39 Å². The molecular formula is C21H22FN3O3. The van der Waals surface area contributed by atoms with E-state index in [0.717, 1.165) is 25.7 Å². The number of halogens is 1. The molecule has 2 saturated heterocycles. The van der Waals surface area contributed by atoms with Gasteiger partial charge in [0.05, 0.1) is 0 Å². The zero-order valence-electron chi connectivity index (χ0n) is 15.4. The van der Waals surface area contributed by atoms with Crippen molar-refractivity contribution in [3.05, 3.63) is 60.2 Å². The molecule has 1 N–H and O–H groups in total. The van der Waals surface area contributed by atoms with E-state index in [1.54, 1.807) is 24.5 Å². The number of benzene rings is 1. The first-order valence-corrected chi connectivity index (χ1v) is 9.50. The van der Waals surface area contributed by atoms with E-state index >= 15 is 0 Å². The third-order valence-corrected chi connectivity index (χ3v) is 5.47. The van der Waals surface area contributed by atoms with E-state index in [4.69, 9.17) is 4.74 Å². The van der Waals surface area contributed by atoms with Crippen LogP contribution in [0.1, 0.15) is 36.0 Å². The number of nitrogens with zero attached hydrogens (tertiary/aromatic N) is 2. The molecule has 2 aliphatic rings. The fourth-order valence-electron chi connectivity index (χ4n) is 4.22. The highest BCUT2D eigenvalue weighted by atomic mass is 19.1. The summed E-state index contributed by atoms with van der Waals surface area (Å²) in [6.45, 7) is -0.0628. The molecule has 2 fully saturated rings. The molecule has 2 aliphatic heterocycles. The van der Waals surface area contributed by atoms with Crippen LogP contribution in [0.5, 0.6) is 5.75 Å². The molecule has 0 spiro atoms. The Morgan fingerprint density at radius 2 is 1.71 bits per heavy atom. The Bertz CT molecular complexity index is 830. The number of carbonyl (C=O) groups excluding carboxylic acids is 2. The molecule has 2 bridgehead atoms. The lowest BCUT2D eigenvalue weighted by atomic mass is 9.97. The van der Waals surface area contributed by atoms with Crippen LogP contribution >= 0.6 is 0 Å². The van der Waals surface area contributed by atoms with Crippen LogP contribution in [0, 0.1) is 5.82 Å². The Hall–Kier alpha value is -2.96. The van der Waals surface area contributed by atoms with Crippen LogP contribution in [0.3, 0.4) is 0 Å². The number of fused-ring (bicyclic) bond motifs is 2. The van der Waals surface area contributed by atoms with E-state index in [0.29, 0.717) is 11.3 Å². The summed E-state index contributed by atoms with van der Waals surface area (Å²) in [5.74, 6) is -0.0313. The van der Waals surface area contributed by atoms with Crippen molar-refractivity contribution in [3.63, 3.8) is 0 Å². The van der Waals surface area contributed by atoms with Gasteiger partial charge < -0.3 is 15.0 Å². The van der Waals surface area contributed by atoms with Gasteiger partial charge in [0.2, 0.25) is 0 Å². The van der Waals surface area contributed by atoms with Gasteiger partial charge in [0.15, 0.2) is 6.61 Å². The van der Waals surface area contributed by atoms with Crippen LogP contribution < -0.4 is 10.1 Å². The monoisotopic (exact) mass is 383 g/mol. The number of hydrogen-bond acceptors (Lipinski definition) is 4. The topological polar surface area (TPSA) is 71.5 Å². The Kier molecular flexibility index (Phi) is 5.23. The predicted octanol–water partition coefficient (Wildman–Crippen LogP) is 2.55. The van der Waals surface area contributed by atoms with Gasteiger partial charge in [-0.1, -0.05) is 0 Å². The number of pyridine rings is 1. The van der Waals surface area contributed by atoms with Gasteiger partial charge in [-0.15, -0.1) is 0 Å². The van der Waals surface area contributed by atoms with Crippen molar-refractivity contribution in [2.24, 2.45) is 0 Å². The molecule has 7 heteroatoms. The second-order valence-electron chi connectivity index (χ2n) is 7.31. The summed E-state index contributed by atoms with van der Waals surface area (Å²) >= 11 is 0. The highest BCUT2D eigenvalue weighted by Gasteiger charge is 2.43. The lowest BCUT2D eigenvalue weighted by molar-refractivity contribution is -0.138. The first-order valence-electron chi connectivity index (χ1n) is 9.50. The van der Waals surface area contributed by atoms with Crippen molar-refractivity contribution in [1.82, 2.24) is 15.2 Å². The lowest BCUT2D eigenvalue weighted by Gasteiger charge is -2.39. The highest BCUT2D eigenvalue weighted by Crippen LogP contribution is 2.36. The minimum Gasteiger partial charge on any atom is -0.484 e. The predicted molar refractivity (Wildman–Crippen MR) is 100 cm³/mol. The molecule has 28 heavy (non-hydrogen) atoms. The van der Waals surface area contributed by atoms with Crippen molar-refractivity contribution in [2.45, 2.75) is 43.8 Å². The molecule has 3 atom stereocenters. The van der Waals surface area contributed by atoms with Crippen LogP contribution in [-0.4, -0.2) is 46.4 Å². The maximum Gasteiger partial charge on any atom is 0.261 e. The minimum absolute atomic E-state index is 0.0558. The Labute approximate surface area is 162 Å². The summed E-state index contributed by atoms with van der Waals surface area (Å²) in [7, 11) is 0. The second kappa shape index (κ2) is 7.96. The summed E-state index contributed by atoms with van der Waals surface area (Å²) in [5, 5.41) is 3.09. The van der Waals surface area contributed by atoms with Crippen molar-refractivity contribution >= 4 is 11.8 Å².